The maximum atomic E-state index is 13.2. The highest BCUT2D eigenvalue weighted by atomic mass is 19.3. The van der Waals surface area contributed by atoms with Gasteiger partial charge in [-0.05, 0) is 25.5 Å². The number of carbonyl (C=O) groups excluding carboxylic acids is 1. The summed E-state index contributed by atoms with van der Waals surface area (Å²) in [6.45, 7) is 6.89. The summed E-state index contributed by atoms with van der Waals surface area (Å²) in [4.78, 5) is 19.7. The van der Waals surface area contributed by atoms with Crippen molar-refractivity contribution in [1.29, 1.82) is 0 Å². The number of halogens is 2. The number of hydrogen-bond donors (Lipinski definition) is 2. The van der Waals surface area contributed by atoms with E-state index < -0.39 is 18.0 Å². The Morgan fingerprint density at radius 3 is 2.90 bits per heavy atom. The van der Waals surface area contributed by atoms with Crippen LogP contribution in [0, 0.1) is 5.92 Å². The van der Waals surface area contributed by atoms with Gasteiger partial charge in [0.25, 0.3) is 12.3 Å². The number of hydrogen-bond acceptors (Lipinski definition) is 6. The van der Waals surface area contributed by atoms with Crippen molar-refractivity contribution in [3.63, 3.8) is 0 Å². The molecule has 0 spiro atoms. The van der Waals surface area contributed by atoms with Gasteiger partial charge in [-0.3, -0.25) is 9.48 Å². The highest BCUT2D eigenvalue weighted by molar-refractivity contribution is 6.08. The monoisotopic (exact) mass is 418 g/mol. The number of aryl methyl sites for hydroxylation is 1. The van der Waals surface area contributed by atoms with E-state index in [2.05, 4.69) is 44.6 Å². The van der Waals surface area contributed by atoms with Crippen molar-refractivity contribution in [2.24, 2.45) is 13.0 Å². The Morgan fingerprint density at radius 2 is 2.13 bits per heavy atom. The first-order chi connectivity index (χ1) is 14.3. The Labute approximate surface area is 172 Å². The molecule has 2 atom stereocenters. The molecule has 0 radical (unpaired) electrons. The van der Waals surface area contributed by atoms with Crippen LogP contribution in [0.3, 0.4) is 0 Å². The first-order valence-corrected chi connectivity index (χ1v) is 9.78. The second kappa shape index (κ2) is 7.98. The van der Waals surface area contributed by atoms with Crippen LogP contribution in [0.1, 0.15) is 36.3 Å². The first-order valence-electron chi connectivity index (χ1n) is 9.78. The minimum atomic E-state index is -2.80. The van der Waals surface area contributed by atoms with Crippen LogP contribution in [-0.4, -0.2) is 56.0 Å². The highest BCUT2D eigenvalue weighted by Crippen LogP contribution is 2.26. The number of nitrogens with one attached hydrogen (secondary N) is 2. The first kappa shape index (κ1) is 20.2. The van der Waals surface area contributed by atoms with E-state index in [1.54, 1.807) is 6.20 Å². The molecule has 30 heavy (non-hydrogen) atoms. The number of aromatic nitrogens is 5. The summed E-state index contributed by atoms with van der Waals surface area (Å²) in [5.74, 6) is 0.622. The topological polar surface area (TPSA) is 92.4 Å². The highest BCUT2D eigenvalue weighted by Gasteiger charge is 2.24. The molecule has 3 aromatic rings. The number of anilines is 2. The van der Waals surface area contributed by atoms with Gasteiger partial charge < -0.3 is 15.5 Å². The predicted molar refractivity (Wildman–Crippen MR) is 108 cm³/mol. The third-order valence-electron chi connectivity index (χ3n) is 5.18. The summed E-state index contributed by atoms with van der Waals surface area (Å²) in [5, 5.41) is 13.8. The van der Waals surface area contributed by atoms with Crippen molar-refractivity contribution < 1.29 is 13.6 Å². The Hall–Kier alpha value is -3.08. The number of fused-ring (bicyclic) bond motifs is 1. The molecule has 1 aliphatic heterocycles. The molecule has 4 heterocycles. The minimum Gasteiger partial charge on any atom is -0.352 e. The molecule has 0 unspecified atom stereocenters. The van der Waals surface area contributed by atoms with Gasteiger partial charge in [-0.1, -0.05) is 6.92 Å². The fraction of sp³-hybridized carbons (Fsp3) is 0.474. The number of alkyl halides is 2. The fourth-order valence-corrected chi connectivity index (χ4v) is 3.68. The Balaban J connectivity index is 1.65. The van der Waals surface area contributed by atoms with Crippen molar-refractivity contribution >= 4 is 23.1 Å². The molecule has 0 saturated carbocycles. The van der Waals surface area contributed by atoms with Gasteiger partial charge in [0.05, 0.1) is 11.9 Å². The largest absolute Gasteiger partial charge is 0.352 e. The van der Waals surface area contributed by atoms with E-state index in [9.17, 15) is 13.6 Å². The molecular formula is C19H24F2N8O. The number of amides is 1. The molecule has 0 bridgehead atoms. The zero-order chi connectivity index (χ0) is 21.4. The standard InChI is InChI=1S/C19H24F2N8O/c1-11-6-22-7-12(2)28(9-11)15-4-5-29-18(25-15)13(8-23-29)19(30)24-14-10-27(3)26-16(14)17(20)21/h4-5,8,10-12,17,22H,6-7,9H2,1-3H3,(H,24,30)/t11-,12+/m1/s1. The second-order valence-corrected chi connectivity index (χ2v) is 7.73. The van der Waals surface area contributed by atoms with Gasteiger partial charge in [-0.2, -0.15) is 10.2 Å². The van der Waals surface area contributed by atoms with Gasteiger partial charge in [0.15, 0.2) is 11.3 Å². The van der Waals surface area contributed by atoms with Gasteiger partial charge in [-0.15, -0.1) is 0 Å². The van der Waals surface area contributed by atoms with Crippen LogP contribution in [0.5, 0.6) is 0 Å². The average molecular weight is 418 g/mol. The molecule has 4 rings (SSSR count). The molecule has 11 heteroatoms. The number of rotatable bonds is 4. The van der Waals surface area contributed by atoms with Crippen molar-refractivity contribution in [3.8, 4) is 0 Å². The van der Waals surface area contributed by atoms with Gasteiger partial charge in [0.1, 0.15) is 11.4 Å². The third kappa shape index (κ3) is 3.84. The lowest BCUT2D eigenvalue weighted by molar-refractivity contribution is 0.102. The van der Waals surface area contributed by atoms with Gasteiger partial charge >= 0.3 is 0 Å². The number of nitrogens with zero attached hydrogens (tertiary/aromatic N) is 6. The molecule has 0 aliphatic carbocycles. The van der Waals surface area contributed by atoms with Crippen LogP contribution in [-0.2, 0) is 7.05 Å². The fourth-order valence-electron chi connectivity index (χ4n) is 3.68. The third-order valence-corrected chi connectivity index (χ3v) is 5.18. The van der Waals surface area contributed by atoms with Gasteiger partial charge in [-0.25, -0.2) is 18.3 Å². The maximum Gasteiger partial charge on any atom is 0.284 e. The minimum absolute atomic E-state index is 0.0333. The van der Waals surface area contributed by atoms with E-state index in [0.717, 1.165) is 25.5 Å². The predicted octanol–water partition coefficient (Wildman–Crippen LogP) is 2.09. The Kier molecular flexibility index (Phi) is 5.37. The van der Waals surface area contributed by atoms with Crippen LogP contribution >= 0.6 is 0 Å². The van der Waals surface area contributed by atoms with E-state index in [4.69, 9.17) is 0 Å². The quantitative estimate of drug-likeness (QED) is 0.674. The molecule has 3 aromatic heterocycles. The summed E-state index contributed by atoms with van der Waals surface area (Å²) in [6, 6.07) is 2.10. The normalized spacial score (nSPS) is 20.0. The molecule has 160 valence electrons. The van der Waals surface area contributed by atoms with Crippen LogP contribution in [0.4, 0.5) is 20.3 Å². The summed E-state index contributed by atoms with van der Waals surface area (Å²) in [6.07, 6.45) is 1.68. The smallest absolute Gasteiger partial charge is 0.284 e. The summed E-state index contributed by atoms with van der Waals surface area (Å²) < 4.78 is 29.1. The van der Waals surface area contributed by atoms with E-state index in [1.807, 2.05) is 6.07 Å². The van der Waals surface area contributed by atoms with Gasteiger partial charge in [0, 0.05) is 38.6 Å². The van der Waals surface area contributed by atoms with Crippen LogP contribution in [0.15, 0.2) is 24.7 Å². The van der Waals surface area contributed by atoms with Crippen LogP contribution in [0.25, 0.3) is 5.65 Å². The molecular weight excluding hydrogens is 394 g/mol. The SMILES string of the molecule is C[C@@H]1CNC[C@H](C)N(c2ccn3ncc(C(=O)Nc4cn(C)nc4C(F)F)c3n2)C1. The Bertz CT molecular complexity index is 1060. The molecule has 1 saturated heterocycles. The molecule has 1 fully saturated rings. The molecule has 1 amide bonds. The maximum absolute atomic E-state index is 13.2. The van der Waals surface area contributed by atoms with Crippen LogP contribution < -0.4 is 15.5 Å². The summed E-state index contributed by atoms with van der Waals surface area (Å²) in [7, 11) is 1.52. The lowest BCUT2D eigenvalue weighted by Gasteiger charge is -2.29. The Morgan fingerprint density at radius 1 is 1.33 bits per heavy atom. The van der Waals surface area contributed by atoms with Crippen molar-refractivity contribution in [1.82, 2.24) is 29.7 Å². The summed E-state index contributed by atoms with van der Waals surface area (Å²) in [5.41, 5.74) is 0.0593. The van der Waals surface area contributed by atoms with Crippen molar-refractivity contribution in [3.05, 3.63) is 35.9 Å². The zero-order valence-corrected chi connectivity index (χ0v) is 17.0. The molecule has 9 nitrogen and oxygen atoms in total. The molecule has 2 N–H and O–H groups in total. The molecule has 0 aromatic carbocycles. The van der Waals surface area contributed by atoms with Crippen LogP contribution in [0.2, 0.25) is 0 Å². The molecule has 1 aliphatic rings. The van der Waals surface area contributed by atoms with E-state index in [-0.39, 0.29) is 17.3 Å². The van der Waals surface area contributed by atoms with Crippen molar-refractivity contribution in [2.75, 3.05) is 29.9 Å². The lowest BCUT2D eigenvalue weighted by atomic mass is 10.1. The van der Waals surface area contributed by atoms with E-state index in [0.29, 0.717) is 11.6 Å². The van der Waals surface area contributed by atoms with E-state index >= 15 is 0 Å². The second-order valence-electron chi connectivity index (χ2n) is 7.73. The average Bonchev–Trinajstić information content (AvgIpc) is 3.23. The van der Waals surface area contributed by atoms with Gasteiger partial charge in [0.2, 0.25) is 0 Å². The van der Waals surface area contributed by atoms with Crippen molar-refractivity contribution in [2.45, 2.75) is 26.3 Å². The summed E-state index contributed by atoms with van der Waals surface area (Å²) >= 11 is 0. The number of carbonyl (C=O) groups is 1. The zero-order valence-electron chi connectivity index (χ0n) is 17.0. The lowest BCUT2D eigenvalue weighted by Crippen LogP contribution is -2.38. The van der Waals surface area contributed by atoms with E-state index in [1.165, 1.54) is 28.6 Å².